The van der Waals surface area contributed by atoms with E-state index < -0.39 is 5.25 Å². The minimum atomic E-state index is -0.495. The average Bonchev–Trinajstić information content (AvgIpc) is 3.42. The molecule has 1 unspecified atom stereocenters. The topological polar surface area (TPSA) is 120 Å². The van der Waals surface area contributed by atoms with Crippen molar-refractivity contribution in [1.82, 2.24) is 14.9 Å². The molecule has 3 aromatic rings. The Hall–Kier alpha value is -3.66. The highest BCUT2D eigenvalue weighted by molar-refractivity contribution is 8.15. The molecule has 0 aliphatic carbocycles. The predicted molar refractivity (Wildman–Crippen MR) is 133 cm³/mol. The maximum absolute atomic E-state index is 12.5. The second-order valence-electron chi connectivity index (χ2n) is 8.27. The SMILES string of the molecule is O=C(CC1SC(N2CCCCC2)=NC1=O)Nc1ccc(C(=O)Nc2nc3ccccc3[nH]2)cc1. The van der Waals surface area contributed by atoms with Gasteiger partial charge in [0.2, 0.25) is 11.9 Å². The number of amides is 3. The number of benzene rings is 2. The number of carbonyl (C=O) groups is 3. The number of thioether (sulfide) groups is 1. The number of rotatable bonds is 5. The van der Waals surface area contributed by atoms with Gasteiger partial charge in [0.15, 0.2) is 5.17 Å². The smallest absolute Gasteiger partial charge is 0.262 e. The van der Waals surface area contributed by atoms with Crippen LogP contribution in [0.1, 0.15) is 36.0 Å². The molecule has 34 heavy (non-hydrogen) atoms. The van der Waals surface area contributed by atoms with E-state index in [9.17, 15) is 14.4 Å². The Morgan fingerprint density at radius 1 is 1.03 bits per heavy atom. The molecule has 0 spiro atoms. The first-order valence-electron chi connectivity index (χ1n) is 11.3. The first-order chi connectivity index (χ1) is 16.5. The number of fused-ring (bicyclic) bond motifs is 1. The van der Waals surface area contributed by atoms with E-state index in [0.717, 1.165) is 42.1 Å². The van der Waals surface area contributed by atoms with E-state index in [-0.39, 0.29) is 24.1 Å². The number of aromatic nitrogens is 2. The van der Waals surface area contributed by atoms with Crippen molar-refractivity contribution in [3.63, 3.8) is 0 Å². The molecule has 0 saturated carbocycles. The highest BCUT2D eigenvalue weighted by Gasteiger charge is 2.33. The van der Waals surface area contributed by atoms with Crippen LogP contribution in [-0.4, -0.2) is 56.1 Å². The second kappa shape index (κ2) is 9.68. The van der Waals surface area contributed by atoms with E-state index in [4.69, 9.17) is 0 Å². The summed E-state index contributed by atoms with van der Waals surface area (Å²) >= 11 is 1.38. The number of carbonyl (C=O) groups excluding carboxylic acids is 3. The lowest BCUT2D eigenvalue weighted by Crippen LogP contribution is -2.33. The van der Waals surface area contributed by atoms with Gasteiger partial charge in [-0.15, -0.1) is 0 Å². The number of hydrogen-bond acceptors (Lipinski definition) is 6. The Morgan fingerprint density at radius 2 is 1.79 bits per heavy atom. The third-order valence-electron chi connectivity index (χ3n) is 5.78. The van der Waals surface area contributed by atoms with Crippen molar-refractivity contribution in [1.29, 1.82) is 0 Å². The van der Waals surface area contributed by atoms with Crippen molar-refractivity contribution in [3.8, 4) is 0 Å². The fourth-order valence-corrected chi connectivity index (χ4v) is 5.12. The van der Waals surface area contributed by atoms with E-state index in [1.165, 1.54) is 18.2 Å². The summed E-state index contributed by atoms with van der Waals surface area (Å²) in [5, 5.41) is 5.78. The monoisotopic (exact) mass is 476 g/mol. The highest BCUT2D eigenvalue weighted by Crippen LogP contribution is 2.29. The van der Waals surface area contributed by atoms with Gasteiger partial charge in [0.1, 0.15) is 5.25 Å². The van der Waals surface area contributed by atoms with Gasteiger partial charge in [-0.3, -0.25) is 19.7 Å². The quantitative estimate of drug-likeness (QED) is 0.517. The summed E-state index contributed by atoms with van der Waals surface area (Å²) in [6.07, 6.45) is 3.46. The molecule has 10 heteroatoms. The number of piperidine rings is 1. The van der Waals surface area contributed by atoms with Gasteiger partial charge in [0.05, 0.1) is 11.0 Å². The molecule has 2 aromatic carbocycles. The van der Waals surface area contributed by atoms with Gasteiger partial charge in [-0.1, -0.05) is 23.9 Å². The predicted octanol–water partition coefficient (Wildman–Crippen LogP) is 3.63. The lowest BCUT2D eigenvalue weighted by Gasteiger charge is -2.27. The Morgan fingerprint density at radius 3 is 2.56 bits per heavy atom. The number of para-hydroxylation sites is 2. The summed E-state index contributed by atoms with van der Waals surface area (Å²) in [5.74, 6) is -0.459. The minimum Gasteiger partial charge on any atom is -0.351 e. The van der Waals surface area contributed by atoms with Crippen LogP contribution in [0.4, 0.5) is 11.6 Å². The fourth-order valence-electron chi connectivity index (χ4n) is 4.01. The normalized spacial score (nSPS) is 18.1. The van der Waals surface area contributed by atoms with Crippen LogP contribution >= 0.6 is 11.8 Å². The summed E-state index contributed by atoms with van der Waals surface area (Å²) in [4.78, 5) is 51.0. The van der Waals surface area contributed by atoms with Gasteiger partial charge in [-0.05, 0) is 55.7 Å². The number of H-pyrrole nitrogens is 1. The van der Waals surface area contributed by atoms with E-state index in [1.807, 2.05) is 24.3 Å². The van der Waals surface area contributed by atoms with Crippen LogP contribution in [0.15, 0.2) is 53.5 Å². The zero-order chi connectivity index (χ0) is 23.5. The summed E-state index contributed by atoms with van der Waals surface area (Å²) in [5.41, 5.74) is 2.59. The number of aliphatic imine (C=N–C) groups is 1. The Balaban J connectivity index is 1.14. The molecular formula is C24H24N6O3S. The highest BCUT2D eigenvalue weighted by atomic mass is 32.2. The fraction of sp³-hybridized carbons (Fsp3) is 0.292. The van der Waals surface area contributed by atoms with E-state index in [1.54, 1.807) is 24.3 Å². The number of nitrogens with one attached hydrogen (secondary N) is 3. The number of nitrogens with zero attached hydrogens (tertiary/aromatic N) is 3. The third kappa shape index (κ3) is 4.96. The molecule has 1 saturated heterocycles. The van der Waals surface area contributed by atoms with E-state index in [0.29, 0.717) is 17.2 Å². The molecule has 9 nitrogen and oxygen atoms in total. The molecule has 1 aromatic heterocycles. The van der Waals surface area contributed by atoms with Crippen LogP contribution in [0.3, 0.4) is 0 Å². The number of hydrogen-bond donors (Lipinski definition) is 3. The van der Waals surface area contributed by atoms with Gasteiger partial charge in [0.25, 0.3) is 11.8 Å². The van der Waals surface area contributed by atoms with Gasteiger partial charge in [0, 0.05) is 30.8 Å². The van der Waals surface area contributed by atoms with Gasteiger partial charge >= 0.3 is 0 Å². The molecule has 2 aliphatic heterocycles. The molecular weight excluding hydrogens is 452 g/mol. The van der Waals surface area contributed by atoms with Crippen molar-refractivity contribution in [2.75, 3.05) is 23.7 Å². The van der Waals surface area contributed by atoms with Crippen molar-refractivity contribution >= 4 is 57.3 Å². The van der Waals surface area contributed by atoms with Crippen molar-refractivity contribution in [2.24, 2.45) is 4.99 Å². The molecule has 5 rings (SSSR count). The number of aromatic amines is 1. The van der Waals surface area contributed by atoms with Crippen molar-refractivity contribution < 1.29 is 14.4 Å². The van der Waals surface area contributed by atoms with Crippen molar-refractivity contribution in [2.45, 2.75) is 30.9 Å². The molecule has 3 heterocycles. The number of amidine groups is 1. The number of likely N-dealkylation sites (tertiary alicyclic amines) is 1. The van der Waals surface area contributed by atoms with Crippen molar-refractivity contribution in [3.05, 3.63) is 54.1 Å². The molecule has 1 fully saturated rings. The van der Waals surface area contributed by atoms with Crippen LogP contribution in [0.2, 0.25) is 0 Å². The molecule has 0 radical (unpaired) electrons. The van der Waals surface area contributed by atoms with Crippen LogP contribution in [0.5, 0.6) is 0 Å². The molecule has 174 valence electrons. The molecule has 1 atom stereocenters. The molecule has 0 bridgehead atoms. The minimum absolute atomic E-state index is 0.0542. The Bertz CT molecular complexity index is 1230. The lowest BCUT2D eigenvalue weighted by molar-refractivity contribution is -0.121. The molecule has 3 N–H and O–H groups in total. The summed E-state index contributed by atoms with van der Waals surface area (Å²) in [6, 6.07) is 14.1. The first kappa shape index (κ1) is 22.1. The van der Waals surface area contributed by atoms with Crippen LogP contribution in [0.25, 0.3) is 11.0 Å². The average molecular weight is 477 g/mol. The Kier molecular flexibility index (Phi) is 6.31. The van der Waals surface area contributed by atoms with Gasteiger partial charge < -0.3 is 15.2 Å². The summed E-state index contributed by atoms with van der Waals surface area (Å²) < 4.78 is 0. The summed E-state index contributed by atoms with van der Waals surface area (Å²) in [7, 11) is 0. The zero-order valence-electron chi connectivity index (χ0n) is 18.4. The van der Waals surface area contributed by atoms with E-state index >= 15 is 0 Å². The standard InChI is InChI=1S/C24H24N6O3S/c31-20(14-19-22(33)29-24(34-19)30-12-4-1-5-13-30)25-16-10-8-15(9-11-16)21(32)28-23-26-17-6-2-3-7-18(17)27-23/h2-3,6-11,19H,1,4-5,12-14H2,(H,25,31)(H2,26,27,28,32). The van der Waals surface area contributed by atoms with Crippen LogP contribution in [0, 0.1) is 0 Å². The van der Waals surface area contributed by atoms with E-state index in [2.05, 4.69) is 30.5 Å². The van der Waals surface area contributed by atoms with Crippen LogP contribution < -0.4 is 10.6 Å². The first-order valence-corrected chi connectivity index (χ1v) is 12.1. The molecule has 2 aliphatic rings. The largest absolute Gasteiger partial charge is 0.351 e. The second-order valence-corrected chi connectivity index (χ2v) is 9.44. The van der Waals surface area contributed by atoms with Crippen LogP contribution in [-0.2, 0) is 9.59 Å². The maximum atomic E-state index is 12.5. The summed E-state index contributed by atoms with van der Waals surface area (Å²) in [6.45, 7) is 1.82. The Labute approximate surface area is 200 Å². The lowest BCUT2D eigenvalue weighted by atomic mass is 10.1. The third-order valence-corrected chi connectivity index (χ3v) is 6.99. The number of imidazole rings is 1. The van der Waals surface area contributed by atoms with Gasteiger partial charge in [-0.2, -0.15) is 4.99 Å². The van der Waals surface area contributed by atoms with Gasteiger partial charge in [-0.25, -0.2) is 4.98 Å². The maximum Gasteiger partial charge on any atom is 0.262 e. The number of anilines is 2. The molecule has 3 amide bonds. The zero-order valence-corrected chi connectivity index (χ0v) is 19.2.